The van der Waals surface area contributed by atoms with Crippen molar-refractivity contribution in [3.8, 4) is 0 Å². The lowest BCUT2D eigenvalue weighted by atomic mass is 10.1. The van der Waals surface area contributed by atoms with E-state index in [0.717, 1.165) is 12.0 Å². The van der Waals surface area contributed by atoms with Gasteiger partial charge in [-0.2, -0.15) is 13.2 Å². The second-order valence-corrected chi connectivity index (χ2v) is 3.72. The average molecular weight is 268 g/mol. The molecule has 0 aliphatic carbocycles. The van der Waals surface area contributed by atoms with E-state index < -0.39 is 36.4 Å². The molecule has 18 heavy (non-hydrogen) atoms. The zero-order valence-corrected chi connectivity index (χ0v) is 9.41. The number of hydrogen-bond donors (Lipinski definition) is 1. The number of ketones is 1. The summed E-state index contributed by atoms with van der Waals surface area (Å²) in [5, 5.41) is 1.61. The first-order chi connectivity index (χ1) is 8.25. The summed E-state index contributed by atoms with van der Waals surface area (Å²) in [6.07, 6.45) is -5.71. The molecule has 1 fully saturated rings. The third-order valence-electron chi connectivity index (χ3n) is 2.44. The number of carbonyl (C=O) groups excluding carboxylic acids is 3. The van der Waals surface area contributed by atoms with E-state index in [1.54, 1.807) is 5.32 Å². The van der Waals surface area contributed by atoms with Crippen LogP contribution in [0, 0.1) is 5.92 Å². The number of nitrogens with one attached hydrogen (secondary N) is 1. The number of nitrogens with zero attached hydrogens (tertiary/aromatic N) is 1. The minimum atomic E-state index is -4.98. The van der Waals surface area contributed by atoms with Crippen LogP contribution in [0.1, 0.15) is 0 Å². The summed E-state index contributed by atoms with van der Waals surface area (Å²) in [5.41, 5.74) is 0. The molecule has 9 heteroatoms. The average Bonchev–Trinajstić information content (AvgIpc) is 2.65. The molecule has 0 aromatic rings. The van der Waals surface area contributed by atoms with E-state index in [1.165, 1.54) is 0 Å². The number of methoxy groups -OCH3 is 1. The number of ether oxygens (including phenoxy) is 1. The predicted octanol–water partition coefficient (Wildman–Crippen LogP) is -0.0678. The minimum absolute atomic E-state index is 0.0658. The molecule has 1 rings (SSSR count). The molecule has 1 unspecified atom stereocenters. The fraction of sp³-hybridized carbons (Fsp3) is 0.667. The summed E-state index contributed by atoms with van der Waals surface area (Å²) in [6, 6.07) is 0. The van der Waals surface area contributed by atoms with Gasteiger partial charge in [0.1, 0.15) is 0 Å². The molecule has 1 heterocycles. The Morgan fingerprint density at radius 3 is 2.61 bits per heavy atom. The molecule has 1 aliphatic heterocycles. The monoisotopic (exact) mass is 268 g/mol. The molecular formula is C9H11F3N2O4. The molecule has 0 saturated carbocycles. The first-order valence-electron chi connectivity index (χ1n) is 4.96. The topological polar surface area (TPSA) is 75.7 Å². The first-order valence-corrected chi connectivity index (χ1v) is 4.96. The van der Waals surface area contributed by atoms with Crippen LogP contribution in [0.3, 0.4) is 0 Å². The minimum Gasteiger partial charge on any atom is -0.453 e. The molecule has 0 aromatic carbocycles. The highest BCUT2D eigenvalue weighted by Gasteiger charge is 2.40. The molecule has 1 saturated heterocycles. The number of halogens is 3. The largest absolute Gasteiger partial charge is 0.471 e. The van der Waals surface area contributed by atoms with E-state index >= 15 is 0 Å². The van der Waals surface area contributed by atoms with Gasteiger partial charge < -0.3 is 15.0 Å². The van der Waals surface area contributed by atoms with Gasteiger partial charge in [0.25, 0.3) is 0 Å². The van der Waals surface area contributed by atoms with Crippen LogP contribution in [0.2, 0.25) is 0 Å². The number of alkyl halides is 3. The lowest BCUT2D eigenvalue weighted by Gasteiger charge is -2.14. The van der Waals surface area contributed by atoms with Crippen LogP contribution >= 0.6 is 0 Å². The highest BCUT2D eigenvalue weighted by atomic mass is 19.4. The van der Waals surface area contributed by atoms with Crippen LogP contribution < -0.4 is 5.32 Å². The molecule has 6 nitrogen and oxygen atoms in total. The standard InChI is InChI=1S/C9H11F3N2O4/c1-18-8(17)14-3-5(6(15)4-14)2-13-7(16)9(10,11)12/h5H,2-4H2,1H3,(H,13,16). The second kappa shape index (κ2) is 5.23. The van der Waals surface area contributed by atoms with Crippen molar-refractivity contribution in [1.29, 1.82) is 0 Å². The van der Waals surface area contributed by atoms with Gasteiger partial charge in [-0.25, -0.2) is 4.79 Å². The van der Waals surface area contributed by atoms with Crippen molar-refractivity contribution in [2.24, 2.45) is 5.92 Å². The van der Waals surface area contributed by atoms with E-state index in [9.17, 15) is 27.6 Å². The van der Waals surface area contributed by atoms with E-state index in [-0.39, 0.29) is 13.1 Å². The van der Waals surface area contributed by atoms with Gasteiger partial charge in [0.05, 0.1) is 19.6 Å². The molecule has 0 aromatic heterocycles. The molecule has 1 atom stereocenters. The number of Topliss-reactive ketones (excluding diaryl/α,β-unsaturated/α-hetero) is 1. The van der Waals surface area contributed by atoms with Gasteiger partial charge in [-0.15, -0.1) is 0 Å². The summed E-state index contributed by atoms with van der Waals surface area (Å²) < 4.78 is 40.1. The molecule has 102 valence electrons. The maximum absolute atomic E-state index is 11.9. The van der Waals surface area contributed by atoms with Crippen LogP contribution in [-0.4, -0.2) is 55.6 Å². The summed E-state index contributed by atoms with van der Waals surface area (Å²) in [7, 11) is 1.13. The van der Waals surface area contributed by atoms with Crippen molar-refractivity contribution in [1.82, 2.24) is 10.2 Å². The molecule has 2 amide bonds. The SMILES string of the molecule is COC(=O)N1CC(=O)C(CNC(=O)C(F)(F)F)C1. The lowest BCUT2D eigenvalue weighted by molar-refractivity contribution is -0.173. The maximum Gasteiger partial charge on any atom is 0.471 e. The zero-order chi connectivity index (χ0) is 13.9. The summed E-state index contributed by atoms with van der Waals surface area (Å²) in [4.78, 5) is 34.1. The van der Waals surface area contributed by atoms with Gasteiger partial charge in [0, 0.05) is 13.1 Å². The molecule has 0 spiro atoms. The molecular weight excluding hydrogens is 257 g/mol. The van der Waals surface area contributed by atoms with Gasteiger partial charge in [-0.1, -0.05) is 0 Å². The van der Waals surface area contributed by atoms with Crippen molar-refractivity contribution in [2.75, 3.05) is 26.7 Å². The Morgan fingerprint density at radius 2 is 2.11 bits per heavy atom. The van der Waals surface area contributed by atoms with E-state index in [0.29, 0.717) is 0 Å². The van der Waals surface area contributed by atoms with Gasteiger partial charge in [-0.05, 0) is 0 Å². The fourth-order valence-electron chi connectivity index (χ4n) is 1.51. The lowest BCUT2D eigenvalue weighted by Crippen LogP contribution is -2.41. The molecule has 0 bridgehead atoms. The Hall–Kier alpha value is -1.80. The van der Waals surface area contributed by atoms with Gasteiger partial charge in [0.15, 0.2) is 5.78 Å². The molecule has 1 N–H and O–H groups in total. The van der Waals surface area contributed by atoms with Crippen molar-refractivity contribution >= 4 is 17.8 Å². The Labute approximate surface area is 100 Å². The van der Waals surface area contributed by atoms with Crippen LogP contribution in [0.15, 0.2) is 0 Å². The van der Waals surface area contributed by atoms with Crippen LogP contribution in [0.5, 0.6) is 0 Å². The van der Waals surface area contributed by atoms with E-state index in [2.05, 4.69) is 4.74 Å². The number of rotatable bonds is 2. The molecule has 1 aliphatic rings. The first kappa shape index (κ1) is 14.3. The maximum atomic E-state index is 11.9. The summed E-state index contributed by atoms with van der Waals surface area (Å²) in [5.74, 6) is -3.36. The van der Waals surface area contributed by atoms with Gasteiger partial charge in [-0.3, -0.25) is 9.59 Å². The zero-order valence-electron chi connectivity index (χ0n) is 9.41. The fourth-order valence-corrected chi connectivity index (χ4v) is 1.51. The van der Waals surface area contributed by atoms with Crippen LogP contribution in [0.4, 0.5) is 18.0 Å². The Kier molecular flexibility index (Phi) is 4.15. The van der Waals surface area contributed by atoms with Crippen LogP contribution in [-0.2, 0) is 14.3 Å². The number of hydrogen-bond acceptors (Lipinski definition) is 4. The highest BCUT2D eigenvalue weighted by molar-refractivity contribution is 5.90. The van der Waals surface area contributed by atoms with Gasteiger partial charge >= 0.3 is 18.2 Å². The summed E-state index contributed by atoms with van der Waals surface area (Å²) >= 11 is 0. The second-order valence-electron chi connectivity index (χ2n) is 3.72. The number of likely N-dealkylation sites (tertiary alicyclic amines) is 1. The van der Waals surface area contributed by atoms with E-state index in [4.69, 9.17) is 0 Å². The number of amides is 2. The van der Waals surface area contributed by atoms with Crippen molar-refractivity contribution in [3.63, 3.8) is 0 Å². The van der Waals surface area contributed by atoms with Crippen molar-refractivity contribution in [2.45, 2.75) is 6.18 Å². The third kappa shape index (κ3) is 3.34. The smallest absolute Gasteiger partial charge is 0.453 e. The van der Waals surface area contributed by atoms with E-state index in [1.807, 2.05) is 0 Å². The highest BCUT2D eigenvalue weighted by Crippen LogP contribution is 2.16. The van der Waals surface area contributed by atoms with Crippen molar-refractivity contribution in [3.05, 3.63) is 0 Å². The number of carbonyl (C=O) groups is 3. The van der Waals surface area contributed by atoms with Crippen LogP contribution in [0.25, 0.3) is 0 Å². The summed E-state index contributed by atoms with van der Waals surface area (Å²) in [6.45, 7) is -0.743. The Balaban J connectivity index is 2.48. The third-order valence-corrected chi connectivity index (χ3v) is 2.44. The molecule has 0 radical (unpaired) electrons. The normalized spacial score (nSPS) is 19.9. The Morgan fingerprint density at radius 1 is 1.50 bits per heavy atom. The van der Waals surface area contributed by atoms with Crippen molar-refractivity contribution < 1.29 is 32.3 Å². The van der Waals surface area contributed by atoms with Gasteiger partial charge in [0.2, 0.25) is 0 Å². The Bertz CT molecular complexity index is 369. The quantitative estimate of drug-likeness (QED) is 0.760. The predicted molar refractivity (Wildman–Crippen MR) is 51.5 cm³/mol.